The number of amides is 1. The van der Waals surface area contributed by atoms with E-state index in [1.54, 1.807) is 13.1 Å². The first kappa shape index (κ1) is 69.1. The number of carbonyl (C=O) groups is 2. The number of aliphatic imine (C=N–C) groups is 4. The second-order valence-electron chi connectivity index (χ2n) is 31.9. The predicted molar refractivity (Wildman–Crippen MR) is 459 cm³/mol. The molecule has 4 aliphatic carbocycles. The first-order valence-corrected chi connectivity index (χ1v) is 40.4. The molecule has 560 valence electrons. The number of nitrogens with one attached hydrogen (secondary N) is 5. The number of aryl methyl sites for hydroxylation is 5. The lowest BCUT2D eigenvalue weighted by molar-refractivity contribution is 0.0691. The van der Waals surface area contributed by atoms with Gasteiger partial charge in [-0.05, 0) is 296 Å². The van der Waals surface area contributed by atoms with Crippen LogP contribution in [-0.2, 0) is 84.2 Å². The fraction of sp³-hybridized carbons (Fsp3) is 0.237. The van der Waals surface area contributed by atoms with Crippen molar-refractivity contribution in [2.45, 2.75) is 142 Å². The molecule has 16 aromatic rings. The van der Waals surface area contributed by atoms with E-state index in [0.717, 1.165) is 174 Å². The van der Waals surface area contributed by atoms with Crippen molar-refractivity contribution in [3.63, 3.8) is 0 Å². The Morgan fingerprint density at radius 1 is 0.360 bits per heavy atom. The summed E-state index contributed by atoms with van der Waals surface area (Å²) in [4.78, 5) is 74.9. The minimum Gasteiger partial charge on any atom is -0.477 e. The summed E-state index contributed by atoms with van der Waals surface area (Å²) in [7, 11) is 1.66. The fourth-order valence-corrected chi connectivity index (χ4v) is 19.5. The number of aromatic amines is 4. The van der Waals surface area contributed by atoms with Crippen LogP contribution in [0.1, 0.15) is 173 Å². The lowest BCUT2D eigenvalue weighted by Crippen LogP contribution is -2.17. The molecule has 8 aromatic carbocycles. The predicted octanol–water partition coefficient (Wildman–Crippen LogP) is 19.6. The first-order valence-electron chi connectivity index (χ1n) is 40.4. The van der Waals surface area contributed by atoms with Gasteiger partial charge in [0.15, 0.2) is 0 Å². The average molecular weight is 1490 g/mol. The third kappa shape index (κ3) is 11.9. The Morgan fingerprint density at radius 2 is 0.667 bits per heavy atom. The number of hydrogen-bond donors (Lipinski definition) is 7. The Hall–Kier alpha value is -12.9. The minimum atomic E-state index is -0.937. The molecule has 17 nitrogen and oxygen atoms in total. The second kappa shape index (κ2) is 28.1. The molecular weight excluding hydrogens is 1410 g/mol. The number of carboxylic acids is 1. The highest BCUT2D eigenvalue weighted by molar-refractivity contribution is 6.14. The Labute approximate surface area is 657 Å². The number of benzene rings is 8. The van der Waals surface area contributed by atoms with Crippen LogP contribution in [0.5, 0.6) is 0 Å². The van der Waals surface area contributed by atoms with Gasteiger partial charge in [-0.25, -0.2) is 24.7 Å². The molecule has 17 heteroatoms. The van der Waals surface area contributed by atoms with Gasteiger partial charge in [0.25, 0.3) is 5.91 Å². The summed E-state index contributed by atoms with van der Waals surface area (Å²) < 4.78 is 0. The quantitative estimate of drug-likeness (QED) is 0.0806. The number of carboxylic acid groups (broad SMARTS) is 1. The summed E-state index contributed by atoms with van der Waals surface area (Å²) in [5, 5.41) is 31.1. The van der Waals surface area contributed by atoms with Gasteiger partial charge in [0.05, 0.1) is 77.6 Å². The zero-order valence-corrected chi connectivity index (χ0v) is 63.8. The molecule has 24 rings (SSSR count). The molecule has 4 aliphatic heterocycles. The highest BCUT2D eigenvalue weighted by Gasteiger charge is 2.29. The Bertz CT molecular complexity index is 6940. The molecule has 0 fully saturated rings. The maximum atomic E-state index is 12.2. The number of aliphatic hydroxyl groups is 1. The Kier molecular flexibility index (Phi) is 17.0. The zero-order valence-electron chi connectivity index (χ0n) is 63.8. The van der Waals surface area contributed by atoms with E-state index in [2.05, 4.69) is 167 Å². The van der Waals surface area contributed by atoms with E-state index in [1.165, 1.54) is 188 Å². The molecule has 7 N–H and O–H groups in total. The smallest absolute Gasteiger partial charge is 0.352 e. The van der Waals surface area contributed by atoms with Crippen molar-refractivity contribution in [2.75, 3.05) is 7.05 Å². The summed E-state index contributed by atoms with van der Waals surface area (Å²) in [5.41, 5.74) is 41.5. The van der Waals surface area contributed by atoms with Crippen LogP contribution >= 0.6 is 0 Å². The number of pyridine rings is 4. The number of aliphatic hydroxyl groups excluding tert-OH is 1. The van der Waals surface area contributed by atoms with Crippen molar-refractivity contribution < 1.29 is 19.8 Å². The number of hydrogen-bond acceptors (Lipinski definition) is 11. The summed E-state index contributed by atoms with van der Waals surface area (Å²) in [5.74, 6) is -1.04. The van der Waals surface area contributed by atoms with Crippen LogP contribution in [0.3, 0.4) is 0 Å². The van der Waals surface area contributed by atoms with Gasteiger partial charge >= 0.3 is 5.97 Å². The number of carbonyl (C=O) groups excluding carboxylic acids is 1. The first-order chi connectivity index (χ1) is 56.0. The van der Waals surface area contributed by atoms with Crippen LogP contribution < -0.4 is 5.32 Å². The Morgan fingerprint density at radius 3 is 1.01 bits per heavy atom. The van der Waals surface area contributed by atoms with Crippen LogP contribution in [0.4, 0.5) is 0 Å². The van der Waals surface area contributed by atoms with E-state index in [4.69, 9.17) is 19.9 Å². The number of fused-ring (bicyclic) bond motifs is 24. The van der Waals surface area contributed by atoms with Crippen molar-refractivity contribution in [2.24, 2.45) is 20.0 Å². The molecule has 0 saturated heterocycles. The van der Waals surface area contributed by atoms with E-state index >= 15 is 0 Å². The lowest BCUT2D eigenvalue weighted by atomic mass is 9.85. The molecule has 0 bridgehead atoms. The second-order valence-corrected chi connectivity index (χ2v) is 31.9. The monoisotopic (exact) mass is 1490 g/mol. The molecule has 1 amide bonds. The number of rotatable bonds is 7. The molecule has 8 aliphatic rings. The third-order valence-electron chi connectivity index (χ3n) is 25.0. The molecule has 0 atom stereocenters. The van der Waals surface area contributed by atoms with E-state index < -0.39 is 5.97 Å². The third-order valence-corrected chi connectivity index (χ3v) is 25.0. The molecule has 8 aromatic heterocycles. The van der Waals surface area contributed by atoms with Crippen molar-refractivity contribution >= 4 is 124 Å². The van der Waals surface area contributed by atoms with Gasteiger partial charge in [0, 0.05) is 131 Å². The topological polar surface area (TPSA) is 251 Å². The molecule has 0 unspecified atom stereocenters. The average Bonchev–Trinajstić information content (AvgIpc) is 1.33. The van der Waals surface area contributed by atoms with E-state index in [1.807, 2.05) is 49.1 Å². The van der Waals surface area contributed by atoms with Crippen molar-refractivity contribution in [1.29, 1.82) is 0 Å². The van der Waals surface area contributed by atoms with Crippen LogP contribution in [0.15, 0.2) is 166 Å². The fourth-order valence-electron chi connectivity index (χ4n) is 19.5. The van der Waals surface area contributed by atoms with Crippen molar-refractivity contribution in [3.8, 4) is 45.0 Å². The zero-order chi connectivity index (χ0) is 76.4. The maximum Gasteiger partial charge on any atom is 0.352 e. The van der Waals surface area contributed by atoms with Gasteiger partial charge in [0.1, 0.15) is 11.4 Å². The molecule has 0 saturated carbocycles. The maximum absolute atomic E-state index is 12.2. The number of aromatic nitrogens is 8. The Balaban J connectivity index is 0.0000000955. The standard InChI is InChI=1S/C25H22N4O.C24H19N3O2.C24H21N3O.C24H21N3/c1-26-25(30)22-11-19-20(28-22)8-9-21-23(19)17-4-2-3-5-18(17)24(29-21)14-6-7-15-12-27-13-16(15)10-14;28-24(29)21-10-18-19(26-21)7-8-20-22(18)16-3-1-2-4-17(16)23(27-20)13-5-6-14-11-25-12-15(14)9-13;28-13-17-10-20-21(26-17)7-8-22-23(20)18-3-1-2-4-19(18)24(27-22)14-5-6-15-11-25-12-16(15)9-14;1-14-10-20-21(26-14)8-9-22-23(20)18-4-2-3-5-19(18)24(27-22)15-6-7-16-12-25-13-17(16)11-15/h6-11,13,28H,2-5,12H2,1H3,(H,26,30);5-10,12,26H,1-4,11H2,(H,28,29);5-10,12,26,28H,1-4,11,13H2;6-11,13,26H,2-5,12H2,1H3. The number of H-pyrrole nitrogens is 4. The van der Waals surface area contributed by atoms with Crippen LogP contribution in [-0.4, -0.2) is 93.9 Å². The van der Waals surface area contributed by atoms with E-state index in [9.17, 15) is 19.8 Å². The highest BCUT2D eigenvalue weighted by atomic mass is 16.4. The summed E-state index contributed by atoms with van der Waals surface area (Å²) in [6, 6.07) is 51.2. The minimum absolute atomic E-state index is 0.0283. The molecular formula is C97H83N13O4. The van der Waals surface area contributed by atoms with Crippen LogP contribution in [0, 0.1) is 6.92 Å². The van der Waals surface area contributed by atoms with Gasteiger partial charge < -0.3 is 35.5 Å². The number of nitrogens with zero attached hydrogens (tertiary/aromatic N) is 8. The van der Waals surface area contributed by atoms with Gasteiger partial charge in [-0.3, -0.25) is 24.8 Å². The molecule has 0 radical (unpaired) electrons. The summed E-state index contributed by atoms with van der Waals surface area (Å²) >= 11 is 0. The van der Waals surface area contributed by atoms with E-state index in [0.29, 0.717) is 5.69 Å². The normalized spacial score (nSPS) is 15.1. The van der Waals surface area contributed by atoms with Gasteiger partial charge in [0.2, 0.25) is 0 Å². The van der Waals surface area contributed by atoms with Crippen LogP contribution in [0.25, 0.3) is 132 Å². The molecule has 12 heterocycles. The van der Waals surface area contributed by atoms with Gasteiger partial charge in [-0.15, -0.1) is 0 Å². The lowest BCUT2D eigenvalue weighted by Gasteiger charge is -2.22. The van der Waals surface area contributed by atoms with Crippen molar-refractivity contribution in [1.82, 2.24) is 45.2 Å². The SMILES string of the molecule is CNC(=O)c1cc2c(ccc3nc(-c4ccc5c(c4)C=NC5)c4c(c32)CCCC4)[nH]1.Cc1cc2c(ccc3nc(-c4ccc5c(c4)C=NC5)c4c(c32)CCCC4)[nH]1.O=C(O)c1cc2c(ccc3nc(-c4ccc5c(c4)C=NC5)c4c(c32)CCCC4)[nH]1.OCc1cc2c(ccc3nc(-c4ccc5c(c4)C=NC5)c4c(c32)CCCC4)[nH]1. The summed E-state index contributed by atoms with van der Waals surface area (Å²) in [6.45, 7) is 5.29. The van der Waals surface area contributed by atoms with Gasteiger partial charge in [-0.2, -0.15) is 0 Å². The van der Waals surface area contributed by atoms with Crippen molar-refractivity contribution in [3.05, 3.63) is 257 Å². The molecule has 114 heavy (non-hydrogen) atoms. The largest absolute Gasteiger partial charge is 0.477 e. The van der Waals surface area contributed by atoms with Crippen LogP contribution in [0.2, 0.25) is 0 Å². The van der Waals surface area contributed by atoms with E-state index in [-0.39, 0.29) is 18.2 Å². The number of aromatic carboxylic acids is 1. The molecule has 0 spiro atoms. The highest BCUT2D eigenvalue weighted by Crippen LogP contribution is 2.45. The summed E-state index contributed by atoms with van der Waals surface area (Å²) in [6.07, 6.45) is 26.1. The van der Waals surface area contributed by atoms with Gasteiger partial charge in [-0.1, -0.05) is 48.5 Å².